The van der Waals surface area contributed by atoms with Gasteiger partial charge in [-0.1, -0.05) is 12.1 Å². The van der Waals surface area contributed by atoms with Crippen molar-refractivity contribution >= 4 is 34.1 Å². The zero-order valence-electron chi connectivity index (χ0n) is 18.4. The summed E-state index contributed by atoms with van der Waals surface area (Å²) < 4.78 is 5.45. The fourth-order valence-corrected chi connectivity index (χ4v) is 4.55. The van der Waals surface area contributed by atoms with Gasteiger partial charge in [0.2, 0.25) is 0 Å². The molecule has 2 atom stereocenters. The molecule has 1 aromatic heterocycles. The van der Waals surface area contributed by atoms with Crippen LogP contribution in [0.1, 0.15) is 37.6 Å². The van der Waals surface area contributed by atoms with Gasteiger partial charge in [0.1, 0.15) is 34.6 Å². The average Bonchev–Trinajstić information content (AvgIpc) is 3.23. The van der Waals surface area contributed by atoms with Gasteiger partial charge in [0.05, 0.1) is 18.1 Å². The van der Waals surface area contributed by atoms with Crippen molar-refractivity contribution in [1.82, 2.24) is 9.97 Å². The van der Waals surface area contributed by atoms with E-state index in [1.165, 1.54) is 6.92 Å². The van der Waals surface area contributed by atoms with Crippen molar-refractivity contribution in [2.75, 3.05) is 19.1 Å². The van der Waals surface area contributed by atoms with Crippen LogP contribution >= 0.6 is 0 Å². The van der Waals surface area contributed by atoms with Crippen molar-refractivity contribution in [2.45, 2.75) is 38.6 Å². The van der Waals surface area contributed by atoms with Gasteiger partial charge in [-0.05, 0) is 50.6 Å². The smallest absolute Gasteiger partial charge is 0.177 e. The van der Waals surface area contributed by atoms with E-state index in [1.807, 2.05) is 54.3 Å². The summed E-state index contributed by atoms with van der Waals surface area (Å²) in [5.41, 5.74) is 2.28. The Hall–Kier alpha value is -3.48. The second kappa shape index (κ2) is 7.65. The summed E-state index contributed by atoms with van der Waals surface area (Å²) in [5.74, 6) is 0.886. The summed E-state index contributed by atoms with van der Waals surface area (Å²) in [6, 6.07) is 13.4. The number of para-hydroxylation sites is 2. The molecule has 7 nitrogen and oxygen atoms in total. The monoisotopic (exact) mass is 418 g/mol. The fraction of sp³-hybridized carbons (Fsp3) is 0.333. The molecule has 0 saturated carbocycles. The van der Waals surface area contributed by atoms with E-state index in [9.17, 15) is 9.59 Å². The summed E-state index contributed by atoms with van der Waals surface area (Å²) in [5, 5.41) is 0. The molecular weight excluding hydrogens is 392 g/mol. The number of nitrogens with zero attached hydrogens (tertiary/aromatic N) is 3. The number of anilines is 1. The molecule has 2 aromatic carbocycles. The average molecular weight is 418 g/mol. The normalized spacial score (nSPS) is 22.5. The molecule has 4 rings (SSSR count). The molecule has 0 bridgehead atoms. The summed E-state index contributed by atoms with van der Waals surface area (Å²) in [4.78, 5) is 40.5. The van der Waals surface area contributed by atoms with Crippen LogP contribution in [0.15, 0.2) is 47.5 Å². The number of carbonyl (C=O) groups excluding carboxylic acids is 2. The summed E-state index contributed by atoms with van der Waals surface area (Å²) in [6.45, 7) is 5.27. The van der Waals surface area contributed by atoms with Crippen LogP contribution < -0.4 is 9.64 Å². The third-order valence-corrected chi connectivity index (χ3v) is 5.81. The molecule has 2 heterocycles. The van der Waals surface area contributed by atoms with Crippen LogP contribution in [0.4, 0.5) is 5.69 Å². The first-order valence-corrected chi connectivity index (χ1v) is 10.2. The Morgan fingerprint density at radius 3 is 2.68 bits per heavy atom. The standard InChI is InChI=1S/C24H26N4O3/c1-14-10-16(12-17(11-14)31-5)28-23(25-4)20(21(30)24(28,3)13-15(2)29)22-26-18-8-6-7-9-19(18)27-22/h6-12,20H,13H2,1-5H3,(H,26,27). The quantitative estimate of drug-likeness (QED) is 0.681. The molecule has 1 aliphatic heterocycles. The molecule has 3 aromatic rings. The predicted molar refractivity (Wildman–Crippen MR) is 121 cm³/mol. The SMILES string of the molecule is CN=C1C(c2nc3ccccc3[nH]2)C(=O)C(C)(CC(C)=O)N1c1cc(C)cc(OC)c1. The number of amidine groups is 1. The van der Waals surface area contributed by atoms with Crippen molar-refractivity contribution in [3.63, 3.8) is 0 Å². The number of benzene rings is 2. The van der Waals surface area contributed by atoms with Crippen LogP contribution in [0.3, 0.4) is 0 Å². The number of hydrogen-bond acceptors (Lipinski definition) is 5. The number of aliphatic imine (C=N–C) groups is 1. The Morgan fingerprint density at radius 1 is 1.29 bits per heavy atom. The van der Waals surface area contributed by atoms with E-state index < -0.39 is 11.5 Å². The van der Waals surface area contributed by atoms with Crippen LogP contribution in [-0.4, -0.2) is 47.1 Å². The number of aromatic nitrogens is 2. The van der Waals surface area contributed by atoms with E-state index in [-0.39, 0.29) is 18.0 Å². The van der Waals surface area contributed by atoms with E-state index in [4.69, 9.17) is 4.74 Å². The van der Waals surface area contributed by atoms with Gasteiger partial charge in [0, 0.05) is 25.2 Å². The van der Waals surface area contributed by atoms with Gasteiger partial charge in [-0.3, -0.25) is 14.6 Å². The summed E-state index contributed by atoms with van der Waals surface area (Å²) in [6.07, 6.45) is 0.0673. The maximum absolute atomic E-state index is 13.9. The number of hydrogen-bond donors (Lipinski definition) is 1. The molecule has 2 unspecified atom stereocenters. The van der Waals surface area contributed by atoms with Crippen molar-refractivity contribution in [3.8, 4) is 5.75 Å². The fourth-order valence-electron chi connectivity index (χ4n) is 4.55. The first-order valence-electron chi connectivity index (χ1n) is 10.2. The summed E-state index contributed by atoms with van der Waals surface area (Å²) in [7, 11) is 3.27. The van der Waals surface area contributed by atoms with Crippen molar-refractivity contribution in [3.05, 3.63) is 53.9 Å². The minimum atomic E-state index is -1.09. The van der Waals surface area contributed by atoms with Gasteiger partial charge in [-0.25, -0.2) is 4.98 Å². The van der Waals surface area contributed by atoms with Crippen molar-refractivity contribution in [2.24, 2.45) is 4.99 Å². The maximum Gasteiger partial charge on any atom is 0.177 e. The molecule has 0 radical (unpaired) electrons. The zero-order chi connectivity index (χ0) is 22.3. The van der Waals surface area contributed by atoms with E-state index in [1.54, 1.807) is 21.1 Å². The van der Waals surface area contributed by atoms with Crippen molar-refractivity contribution in [1.29, 1.82) is 0 Å². The van der Waals surface area contributed by atoms with E-state index in [2.05, 4.69) is 15.0 Å². The van der Waals surface area contributed by atoms with E-state index in [0.29, 0.717) is 17.4 Å². The molecule has 1 fully saturated rings. The third-order valence-electron chi connectivity index (χ3n) is 5.81. The Kier molecular flexibility index (Phi) is 5.13. The Morgan fingerprint density at radius 2 is 2.03 bits per heavy atom. The third kappa shape index (κ3) is 3.40. The Balaban J connectivity index is 1.92. The number of fused-ring (bicyclic) bond motifs is 1. The number of rotatable bonds is 5. The van der Waals surface area contributed by atoms with Gasteiger partial charge >= 0.3 is 0 Å². The number of nitrogens with one attached hydrogen (secondary N) is 1. The number of aromatic amines is 1. The number of ketones is 2. The lowest BCUT2D eigenvalue weighted by molar-refractivity contribution is -0.126. The second-order valence-electron chi connectivity index (χ2n) is 8.21. The molecule has 0 spiro atoms. The molecule has 7 heteroatoms. The van der Waals surface area contributed by atoms with Gasteiger partial charge in [0.15, 0.2) is 5.78 Å². The highest BCUT2D eigenvalue weighted by molar-refractivity contribution is 6.27. The largest absolute Gasteiger partial charge is 0.497 e. The number of carbonyl (C=O) groups is 2. The predicted octanol–water partition coefficient (Wildman–Crippen LogP) is 3.82. The maximum atomic E-state index is 13.9. The lowest BCUT2D eigenvalue weighted by Crippen LogP contribution is -2.48. The number of Topliss-reactive ketones (excluding diaryl/α,β-unsaturated/α-hetero) is 2. The lowest BCUT2D eigenvalue weighted by Gasteiger charge is -2.35. The molecule has 1 saturated heterocycles. The number of methoxy groups -OCH3 is 1. The van der Waals surface area contributed by atoms with Crippen LogP contribution in [0.2, 0.25) is 0 Å². The minimum absolute atomic E-state index is 0.0673. The molecular formula is C24H26N4O3. The number of aryl methyl sites for hydroxylation is 1. The number of H-pyrrole nitrogens is 1. The number of imidazole rings is 1. The van der Waals surface area contributed by atoms with Gasteiger partial charge in [0.25, 0.3) is 0 Å². The van der Waals surface area contributed by atoms with Crippen molar-refractivity contribution < 1.29 is 14.3 Å². The van der Waals surface area contributed by atoms with Gasteiger partial charge in [-0.15, -0.1) is 0 Å². The lowest BCUT2D eigenvalue weighted by atomic mass is 9.87. The molecule has 0 aliphatic carbocycles. The van der Waals surface area contributed by atoms with E-state index in [0.717, 1.165) is 22.3 Å². The molecule has 1 N–H and O–H groups in total. The van der Waals surface area contributed by atoms with Crippen LogP contribution in [0.5, 0.6) is 5.75 Å². The van der Waals surface area contributed by atoms with E-state index >= 15 is 0 Å². The van der Waals surface area contributed by atoms with Gasteiger partial charge < -0.3 is 14.6 Å². The second-order valence-corrected chi connectivity index (χ2v) is 8.21. The highest BCUT2D eigenvalue weighted by atomic mass is 16.5. The van der Waals surface area contributed by atoms with Gasteiger partial charge in [-0.2, -0.15) is 0 Å². The highest BCUT2D eigenvalue weighted by Gasteiger charge is 2.56. The molecule has 0 amide bonds. The summed E-state index contributed by atoms with van der Waals surface area (Å²) >= 11 is 0. The van der Waals surface area contributed by atoms with Crippen LogP contribution in [-0.2, 0) is 9.59 Å². The first-order chi connectivity index (χ1) is 14.8. The Labute approximate surface area is 181 Å². The van der Waals surface area contributed by atoms with Crippen LogP contribution in [0.25, 0.3) is 11.0 Å². The highest BCUT2D eigenvalue weighted by Crippen LogP contribution is 2.43. The zero-order valence-corrected chi connectivity index (χ0v) is 18.4. The molecule has 1 aliphatic rings. The molecule has 160 valence electrons. The topological polar surface area (TPSA) is 87.7 Å². The van der Waals surface area contributed by atoms with Crippen LogP contribution in [0, 0.1) is 6.92 Å². The first kappa shape index (κ1) is 20.8. The minimum Gasteiger partial charge on any atom is -0.497 e. The molecule has 31 heavy (non-hydrogen) atoms. The Bertz CT molecular complexity index is 1180. The number of ether oxygens (including phenoxy) is 1.